The molecule has 0 aliphatic carbocycles. The zero-order chi connectivity index (χ0) is 12.3. The Bertz CT molecular complexity index is 586. The van der Waals surface area contributed by atoms with Crippen molar-refractivity contribution in [1.82, 2.24) is 10.2 Å². The van der Waals surface area contributed by atoms with Crippen molar-refractivity contribution in [3.63, 3.8) is 0 Å². The predicted molar refractivity (Wildman–Crippen MR) is 60.9 cm³/mol. The summed E-state index contributed by atoms with van der Waals surface area (Å²) in [4.78, 5) is 22.5. The normalized spacial score (nSPS) is 9.88. The van der Waals surface area contributed by atoms with Gasteiger partial charge in [0.25, 0.3) is 11.5 Å². The monoisotopic (exact) mass is 231 g/mol. The van der Waals surface area contributed by atoms with Gasteiger partial charge in [0, 0.05) is 6.07 Å². The van der Waals surface area contributed by atoms with E-state index >= 15 is 0 Å². The number of aromatic nitrogens is 2. The number of nitrogens with zero attached hydrogens (tertiary/aromatic N) is 1. The molecule has 1 aromatic carbocycles. The molecule has 0 radical (unpaired) electrons. The van der Waals surface area contributed by atoms with Crippen LogP contribution >= 0.6 is 0 Å². The van der Waals surface area contributed by atoms with Crippen LogP contribution in [-0.4, -0.2) is 21.2 Å². The quantitative estimate of drug-likeness (QED) is 0.709. The maximum absolute atomic E-state index is 11.7. The van der Waals surface area contributed by atoms with Crippen molar-refractivity contribution in [2.45, 2.75) is 0 Å². The fourth-order valence-corrected chi connectivity index (χ4v) is 1.26. The van der Waals surface area contributed by atoms with Gasteiger partial charge in [-0.3, -0.25) is 9.59 Å². The average Bonchev–Trinajstić information content (AvgIpc) is 2.32. The number of hydrogen-bond acceptors (Lipinski definition) is 4. The van der Waals surface area contributed by atoms with Gasteiger partial charge in [0.1, 0.15) is 5.75 Å². The minimum atomic E-state index is -0.498. The fraction of sp³-hybridized carbons (Fsp3) is 0. The molecule has 1 aromatic heterocycles. The van der Waals surface area contributed by atoms with E-state index in [1.165, 1.54) is 24.3 Å². The number of anilines is 1. The van der Waals surface area contributed by atoms with Crippen molar-refractivity contribution in [1.29, 1.82) is 0 Å². The molecule has 1 amide bonds. The Morgan fingerprint density at radius 3 is 2.65 bits per heavy atom. The molecule has 1 heterocycles. The minimum absolute atomic E-state index is 0.116. The van der Waals surface area contributed by atoms with Crippen LogP contribution in [0.15, 0.2) is 41.2 Å². The summed E-state index contributed by atoms with van der Waals surface area (Å²) in [7, 11) is 0. The molecule has 0 aliphatic rings. The molecule has 86 valence electrons. The molecule has 0 spiro atoms. The molecule has 0 atom stereocenters. The van der Waals surface area contributed by atoms with Gasteiger partial charge in [0.15, 0.2) is 5.82 Å². The van der Waals surface area contributed by atoms with Crippen molar-refractivity contribution < 1.29 is 9.90 Å². The SMILES string of the molecule is O=C(Nc1ccc(=O)[nH]n1)c1ccccc1O. The van der Waals surface area contributed by atoms with Gasteiger partial charge >= 0.3 is 0 Å². The minimum Gasteiger partial charge on any atom is -0.507 e. The third-order valence-corrected chi connectivity index (χ3v) is 2.07. The van der Waals surface area contributed by atoms with Crippen molar-refractivity contribution >= 4 is 11.7 Å². The molecule has 2 rings (SSSR count). The number of phenolic OH excluding ortho intramolecular Hbond substituents is 1. The van der Waals surface area contributed by atoms with Gasteiger partial charge < -0.3 is 10.4 Å². The molecule has 3 N–H and O–H groups in total. The number of benzene rings is 1. The molecule has 6 nitrogen and oxygen atoms in total. The van der Waals surface area contributed by atoms with Crippen molar-refractivity contribution in [2.75, 3.05) is 5.32 Å². The molecule has 0 fully saturated rings. The number of nitrogens with one attached hydrogen (secondary N) is 2. The lowest BCUT2D eigenvalue weighted by atomic mass is 10.2. The summed E-state index contributed by atoms with van der Waals surface area (Å²) < 4.78 is 0. The van der Waals surface area contributed by atoms with E-state index in [4.69, 9.17) is 0 Å². The van der Waals surface area contributed by atoms with Crippen LogP contribution in [0.1, 0.15) is 10.4 Å². The van der Waals surface area contributed by atoms with Crippen molar-refractivity contribution in [2.24, 2.45) is 0 Å². The number of aromatic amines is 1. The largest absolute Gasteiger partial charge is 0.507 e. The Hall–Kier alpha value is -2.63. The summed E-state index contributed by atoms with van der Waals surface area (Å²) in [6.07, 6.45) is 0. The fourth-order valence-electron chi connectivity index (χ4n) is 1.26. The van der Waals surface area contributed by atoms with E-state index in [-0.39, 0.29) is 22.7 Å². The summed E-state index contributed by atoms with van der Waals surface area (Å²) in [6, 6.07) is 8.76. The number of hydrogen-bond donors (Lipinski definition) is 3. The molecule has 6 heteroatoms. The summed E-state index contributed by atoms with van der Waals surface area (Å²) in [5.41, 5.74) is -0.217. The third kappa shape index (κ3) is 2.49. The van der Waals surface area contributed by atoms with Gasteiger partial charge in [-0.2, -0.15) is 5.10 Å². The van der Waals surface area contributed by atoms with Crippen molar-refractivity contribution in [3.8, 4) is 5.75 Å². The summed E-state index contributed by atoms with van der Waals surface area (Å²) in [6.45, 7) is 0. The number of para-hydroxylation sites is 1. The van der Waals surface area contributed by atoms with Crippen LogP contribution in [-0.2, 0) is 0 Å². The van der Waals surface area contributed by atoms with Crippen molar-refractivity contribution in [3.05, 3.63) is 52.3 Å². The molecule has 17 heavy (non-hydrogen) atoms. The van der Waals surface area contributed by atoms with Crippen LogP contribution in [0.3, 0.4) is 0 Å². The van der Waals surface area contributed by atoms with Gasteiger partial charge in [0.05, 0.1) is 5.56 Å². The second kappa shape index (κ2) is 4.48. The van der Waals surface area contributed by atoms with E-state index in [1.807, 2.05) is 0 Å². The van der Waals surface area contributed by atoms with E-state index < -0.39 is 5.91 Å². The van der Waals surface area contributed by atoms with Crippen LogP contribution in [0.5, 0.6) is 5.75 Å². The standard InChI is InChI=1S/C11H9N3O3/c15-8-4-2-1-3-7(8)11(17)12-9-5-6-10(16)14-13-9/h1-6,15H,(H,14,16)(H,12,13,17). The molecule has 0 unspecified atom stereocenters. The number of carbonyl (C=O) groups excluding carboxylic acids is 1. The first-order chi connectivity index (χ1) is 8.16. The lowest BCUT2D eigenvalue weighted by molar-refractivity contribution is 0.102. The van der Waals surface area contributed by atoms with Gasteiger partial charge in [0.2, 0.25) is 0 Å². The summed E-state index contributed by atoms with van der Waals surface area (Å²) in [5, 5.41) is 17.7. The highest BCUT2D eigenvalue weighted by atomic mass is 16.3. The van der Waals surface area contributed by atoms with E-state index in [0.29, 0.717) is 0 Å². The number of amides is 1. The van der Waals surface area contributed by atoms with Crippen LogP contribution in [0.2, 0.25) is 0 Å². The molecule has 2 aromatic rings. The predicted octanol–water partition coefficient (Wildman–Crippen LogP) is 0.728. The van der Waals surface area contributed by atoms with Gasteiger partial charge in [-0.1, -0.05) is 12.1 Å². The molecule has 0 saturated carbocycles. The Balaban J connectivity index is 2.20. The van der Waals surface area contributed by atoms with E-state index in [2.05, 4.69) is 15.5 Å². The summed E-state index contributed by atoms with van der Waals surface area (Å²) >= 11 is 0. The first kappa shape index (κ1) is 10.9. The smallest absolute Gasteiger partial charge is 0.264 e. The van der Waals surface area contributed by atoms with Gasteiger partial charge in [-0.25, -0.2) is 5.10 Å². The Labute approximate surface area is 95.9 Å². The van der Waals surface area contributed by atoms with E-state index in [9.17, 15) is 14.7 Å². The first-order valence-corrected chi connectivity index (χ1v) is 4.82. The van der Waals surface area contributed by atoms with Crippen LogP contribution in [0.4, 0.5) is 5.82 Å². The number of H-pyrrole nitrogens is 1. The second-order valence-corrected chi connectivity index (χ2v) is 3.28. The number of rotatable bonds is 2. The molecular formula is C11H9N3O3. The lowest BCUT2D eigenvalue weighted by Crippen LogP contribution is -2.15. The average molecular weight is 231 g/mol. The van der Waals surface area contributed by atoms with Crippen LogP contribution in [0, 0.1) is 0 Å². The Kier molecular flexibility index (Phi) is 2.87. The highest BCUT2D eigenvalue weighted by molar-refractivity contribution is 6.05. The van der Waals surface area contributed by atoms with Gasteiger partial charge in [-0.05, 0) is 18.2 Å². The Morgan fingerprint density at radius 2 is 2.00 bits per heavy atom. The van der Waals surface area contributed by atoms with Crippen LogP contribution < -0.4 is 10.9 Å². The zero-order valence-electron chi connectivity index (χ0n) is 8.68. The maximum Gasteiger partial charge on any atom is 0.264 e. The highest BCUT2D eigenvalue weighted by Gasteiger charge is 2.10. The Morgan fingerprint density at radius 1 is 1.24 bits per heavy atom. The highest BCUT2D eigenvalue weighted by Crippen LogP contribution is 2.16. The second-order valence-electron chi connectivity index (χ2n) is 3.28. The van der Waals surface area contributed by atoms with E-state index in [1.54, 1.807) is 12.1 Å². The lowest BCUT2D eigenvalue weighted by Gasteiger charge is -2.04. The molecule has 0 bridgehead atoms. The molecule has 0 aliphatic heterocycles. The molecular weight excluding hydrogens is 222 g/mol. The van der Waals surface area contributed by atoms with Crippen LogP contribution in [0.25, 0.3) is 0 Å². The number of phenols is 1. The number of aromatic hydroxyl groups is 1. The maximum atomic E-state index is 11.7. The first-order valence-electron chi connectivity index (χ1n) is 4.82. The zero-order valence-corrected chi connectivity index (χ0v) is 8.68. The topological polar surface area (TPSA) is 95.1 Å². The van der Waals surface area contributed by atoms with E-state index in [0.717, 1.165) is 0 Å². The van der Waals surface area contributed by atoms with Gasteiger partial charge in [-0.15, -0.1) is 0 Å². The number of carbonyl (C=O) groups is 1. The summed E-state index contributed by atoms with van der Waals surface area (Å²) in [5.74, 6) is -0.407. The third-order valence-electron chi connectivity index (χ3n) is 2.07. The molecule has 0 saturated heterocycles.